The molecule has 0 bridgehead atoms. The molecule has 0 spiro atoms. The molecule has 0 saturated carbocycles. The van der Waals surface area contributed by atoms with E-state index in [4.69, 9.17) is 5.73 Å². The molecule has 0 aliphatic rings. The number of hydrogen-bond acceptors (Lipinski definition) is 2. The first kappa shape index (κ1) is 15.6. The van der Waals surface area contributed by atoms with Gasteiger partial charge in [-0.3, -0.25) is 4.79 Å². The number of hydrogen-bond donors (Lipinski definition) is 1. The highest BCUT2D eigenvalue weighted by molar-refractivity contribution is 5.78. The van der Waals surface area contributed by atoms with Gasteiger partial charge in [0.2, 0.25) is 0 Å². The Bertz CT molecular complexity index is 199. The Balaban J connectivity index is 3.80. The minimum absolute atomic E-state index is 0.221. The molecular formula is C14H29NO. The van der Waals surface area contributed by atoms with Crippen LogP contribution in [0.25, 0.3) is 0 Å². The van der Waals surface area contributed by atoms with Gasteiger partial charge in [-0.25, -0.2) is 0 Å². The third-order valence-electron chi connectivity index (χ3n) is 3.26. The molecule has 0 aromatic rings. The summed E-state index contributed by atoms with van der Waals surface area (Å²) in [7, 11) is 0. The molecule has 0 amide bonds. The molecule has 2 nitrogen and oxygen atoms in total. The van der Waals surface area contributed by atoms with Crippen molar-refractivity contribution in [2.75, 3.05) is 6.54 Å². The van der Waals surface area contributed by atoms with Crippen molar-refractivity contribution in [3.05, 3.63) is 0 Å². The highest BCUT2D eigenvalue weighted by atomic mass is 16.1. The first-order chi connectivity index (χ1) is 7.41. The van der Waals surface area contributed by atoms with Crippen LogP contribution >= 0.6 is 0 Å². The molecule has 96 valence electrons. The maximum absolute atomic E-state index is 11.7. The summed E-state index contributed by atoms with van der Waals surface area (Å²) in [6.07, 6.45) is 5.80. The minimum atomic E-state index is 0.221. The molecule has 0 aromatic carbocycles. The summed E-state index contributed by atoms with van der Waals surface area (Å²) >= 11 is 0. The zero-order valence-electron chi connectivity index (χ0n) is 11.5. The zero-order valence-corrected chi connectivity index (χ0v) is 11.5. The van der Waals surface area contributed by atoms with E-state index in [1.54, 1.807) is 0 Å². The van der Waals surface area contributed by atoms with E-state index in [2.05, 4.69) is 27.7 Å². The topological polar surface area (TPSA) is 43.1 Å². The minimum Gasteiger partial charge on any atom is -0.330 e. The summed E-state index contributed by atoms with van der Waals surface area (Å²) < 4.78 is 0. The summed E-state index contributed by atoms with van der Waals surface area (Å²) in [5.41, 5.74) is 5.78. The first-order valence-corrected chi connectivity index (χ1v) is 6.63. The van der Waals surface area contributed by atoms with E-state index in [1.165, 1.54) is 6.42 Å². The number of carbonyl (C=O) groups excluding carboxylic acids is 1. The third-order valence-corrected chi connectivity index (χ3v) is 3.26. The van der Waals surface area contributed by atoms with Crippen LogP contribution in [0.4, 0.5) is 0 Å². The normalized spacial score (nSPS) is 13.8. The van der Waals surface area contributed by atoms with Gasteiger partial charge < -0.3 is 5.73 Å². The predicted molar refractivity (Wildman–Crippen MR) is 70.4 cm³/mol. The molecule has 0 fully saturated rings. The number of rotatable bonds is 9. The van der Waals surface area contributed by atoms with Crippen molar-refractivity contribution in [2.45, 2.75) is 66.2 Å². The average Bonchev–Trinajstić information content (AvgIpc) is 2.15. The Morgan fingerprint density at radius 1 is 1.31 bits per heavy atom. The smallest absolute Gasteiger partial charge is 0.133 e. The molecule has 0 saturated heterocycles. The summed E-state index contributed by atoms with van der Waals surface area (Å²) in [5, 5.41) is 0. The van der Waals surface area contributed by atoms with Crippen LogP contribution in [0.2, 0.25) is 0 Å². The zero-order chi connectivity index (χ0) is 12.6. The van der Waals surface area contributed by atoms with Crippen LogP contribution < -0.4 is 5.73 Å². The number of ketones is 1. The maximum Gasteiger partial charge on any atom is 0.133 e. The van der Waals surface area contributed by atoms with Crippen LogP contribution in [0.5, 0.6) is 0 Å². The van der Waals surface area contributed by atoms with Gasteiger partial charge in [0.1, 0.15) is 5.78 Å². The van der Waals surface area contributed by atoms with Gasteiger partial charge in [-0.05, 0) is 30.7 Å². The summed E-state index contributed by atoms with van der Waals surface area (Å²) in [4.78, 5) is 11.7. The average molecular weight is 227 g/mol. The fourth-order valence-electron chi connectivity index (χ4n) is 2.08. The lowest BCUT2D eigenvalue weighted by Crippen LogP contribution is -2.18. The van der Waals surface area contributed by atoms with Crippen LogP contribution in [0.15, 0.2) is 0 Å². The van der Waals surface area contributed by atoms with Crippen molar-refractivity contribution in [1.29, 1.82) is 0 Å². The monoisotopic (exact) mass is 227 g/mol. The van der Waals surface area contributed by atoms with Crippen LogP contribution in [0.1, 0.15) is 66.2 Å². The molecule has 1 atom stereocenters. The quantitative estimate of drug-likeness (QED) is 0.654. The Hall–Kier alpha value is -0.370. The van der Waals surface area contributed by atoms with E-state index in [1.807, 2.05) is 0 Å². The second kappa shape index (κ2) is 7.83. The lowest BCUT2D eigenvalue weighted by Gasteiger charge is -2.23. The maximum atomic E-state index is 11.7. The van der Waals surface area contributed by atoms with Crippen molar-refractivity contribution in [1.82, 2.24) is 0 Å². The van der Waals surface area contributed by atoms with E-state index in [9.17, 15) is 4.79 Å². The molecular weight excluding hydrogens is 198 g/mol. The van der Waals surface area contributed by atoms with Crippen LogP contribution in [-0.4, -0.2) is 12.3 Å². The summed E-state index contributed by atoms with van der Waals surface area (Å²) in [6, 6.07) is 0. The fraction of sp³-hybridized carbons (Fsp3) is 0.929. The van der Waals surface area contributed by atoms with Crippen LogP contribution in [-0.2, 0) is 4.79 Å². The van der Waals surface area contributed by atoms with Crippen LogP contribution in [0, 0.1) is 11.3 Å². The highest BCUT2D eigenvalue weighted by Crippen LogP contribution is 2.26. The van der Waals surface area contributed by atoms with Crippen LogP contribution in [0.3, 0.4) is 0 Å². The molecule has 0 heterocycles. The van der Waals surface area contributed by atoms with Gasteiger partial charge in [0.05, 0.1) is 0 Å². The Morgan fingerprint density at radius 3 is 2.44 bits per heavy atom. The van der Waals surface area contributed by atoms with Crippen molar-refractivity contribution in [2.24, 2.45) is 17.1 Å². The van der Waals surface area contributed by atoms with Crippen molar-refractivity contribution in [3.63, 3.8) is 0 Å². The molecule has 0 radical (unpaired) electrons. The second-order valence-corrected chi connectivity index (χ2v) is 5.84. The largest absolute Gasteiger partial charge is 0.330 e. The molecule has 16 heavy (non-hydrogen) atoms. The van der Waals surface area contributed by atoms with Gasteiger partial charge in [0, 0.05) is 12.8 Å². The van der Waals surface area contributed by atoms with E-state index in [0.29, 0.717) is 18.2 Å². The van der Waals surface area contributed by atoms with Gasteiger partial charge >= 0.3 is 0 Å². The Morgan fingerprint density at radius 2 is 1.94 bits per heavy atom. The van der Waals surface area contributed by atoms with E-state index in [-0.39, 0.29) is 5.41 Å². The van der Waals surface area contributed by atoms with E-state index >= 15 is 0 Å². The van der Waals surface area contributed by atoms with E-state index in [0.717, 1.165) is 32.1 Å². The lowest BCUT2D eigenvalue weighted by molar-refractivity contribution is -0.120. The molecule has 0 aliphatic heterocycles. The molecule has 1 unspecified atom stereocenters. The molecule has 0 aromatic heterocycles. The standard InChI is InChI=1S/C14H29NO/c1-5-6-12(2)11-13(16)7-8-14(3,4)9-10-15/h12H,5-11,15H2,1-4H3. The number of nitrogens with two attached hydrogens (primary N) is 1. The summed E-state index contributed by atoms with van der Waals surface area (Å²) in [6.45, 7) is 9.45. The molecule has 0 aliphatic carbocycles. The first-order valence-electron chi connectivity index (χ1n) is 6.63. The number of Topliss-reactive ketones (excluding diaryl/α,β-unsaturated/α-hetero) is 1. The van der Waals surface area contributed by atoms with Gasteiger partial charge in [-0.1, -0.05) is 40.5 Å². The molecule has 0 rings (SSSR count). The van der Waals surface area contributed by atoms with Crippen molar-refractivity contribution in [3.8, 4) is 0 Å². The highest BCUT2D eigenvalue weighted by Gasteiger charge is 2.18. The number of carbonyl (C=O) groups is 1. The van der Waals surface area contributed by atoms with E-state index < -0.39 is 0 Å². The van der Waals surface area contributed by atoms with Gasteiger partial charge in [-0.2, -0.15) is 0 Å². The predicted octanol–water partition coefficient (Wildman–Crippen LogP) is 3.54. The SMILES string of the molecule is CCCC(C)CC(=O)CCC(C)(C)CCN. The third kappa shape index (κ3) is 7.86. The molecule has 2 heteroatoms. The van der Waals surface area contributed by atoms with Gasteiger partial charge in [0.25, 0.3) is 0 Å². The van der Waals surface area contributed by atoms with Gasteiger partial charge in [-0.15, -0.1) is 0 Å². The fourth-order valence-corrected chi connectivity index (χ4v) is 2.08. The van der Waals surface area contributed by atoms with Gasteiger partial charge in [0.15, 0.2) is 0 Å². The summed E-state index contributed by atoms with van der Waals surface area (Å²) in [5.74, 6) is 0.973. The Labute approximate surface area is 101 Å². The second-order valence-electron chi connectivity index (χ2n) is 5.84. The Kier molecular flexibility index (Phi) is 7.65. The lowest BCUT2D eigenvalue weighted by atomic mass is 9.83. The van der Waals surface area contributed by atoms with Crippen molar-refractivity contribution >= 4 is 5.78 Å². The van der Waals surface area contributed by atoms with Crippen molar-refractivity contribution < 1.29 is 4.79 Å². The molecule has 2 N–H and O–H groups in total.